The largest absolute Gasteiger partial charge is 0.396 e. The monoisotopic (exact) mass is 1710 g/mol. The average Bonchev–Trinajstić information content (AvgIpc) is 0.628. The molecule has 3 heterocycles. The van der Waals surface area contributed by atoms with Gasteiger partial charge in [0.2, 0.25) is 41.4 Å². The lowest BCUT2D eigenvalue weighted by atomic mass is 9.32. The van der Waals surface area contributed by atoms with E-state index in [2.05, 4.69) is 47.4 Å². The maximum atomic E-state index is 14.8. The van der Waals surface area contributed by atoms with Gasteiger partial charge in [0.1, 0.15) is 46.6 Å². The molecule has 0 aromatic rings. The van der Waals surface area contributed by atoms with Crippen molar-refractivity contribution in [3.63, 3.8) is 0 Å². The molecule has 8 rings (SSSR count). The van der Waals surface area contributed by atoms with Crippen LogP contribution in [0.2, 0.25) is 0 Å². The third kappa shape index (κ3) is 22.7. The number of carbonyl (C=O) groups excluding carboxylic acids is 8. The molecule has 3 aliphatic heterocycles. The van der Waals surface area contributed by atoms with Crippen LogP contribution in [0.25, 0.3) is 0 Å². The normalized spacial score (nSPS) is 32.6. The third-order valence-electron chi connectivity index (χ3n) is 24.1. The SMILES string of the molecule is CCC(C)(OCCC(C)(C)CCNC(=O)CON)C(=O)NC(COCCC(=O)NCCOCCOCCOC1OC(C2(CO)CC(O)C2O)C1(C)NC(C)=O)(COCCC(=O)NCCOCCOCCOC1OC2C3(CO)C(O)C(O)C3C12NC(C)=O)COCCC(=O)NCCOCCOCCOC1OC2C3(CO)C(O)C(O)C3C12NC(C)=O. The van der Waals surface area contributed by atoms with Crippen LogP contribution < -0.4 is 48.4 Å². The first kappa shape index (κ1) is 99.1. The molecule has 43 heteroatoms. The van der Waals surface area contributed by atoms with Gasteiger partial charge < -0.3 is 164 Å². The van der Waals surface area contributed by atoms with Crippen LogP contribution in [-0.2, 0) is 119 Å². The Bertz CT molecular complexity index is 3160. The van der Waals surface area contributed by atoms with Gasteiger partial charge in [0.05, 0.1) is 218 Å². The number of carbonyl (C=O) groups is 8. The number of fused-ring (bicyclic) bond motifs is 8. The van der Waals surface area contributed by atoms with E-state index in [9.17, 15) is 84.3 Å². The second-order valence-corrected chi connectivity index (χ2v) is 32.9. The van der Waals surface area contributed by atoms with Gasteiger partial charge in [0.15, 0.2) is 18.9 Å². The van der Waals surface area contributed by atoms with Crippen molar-refractivity contribution in [1.82, 2.24) is 42.5 Å². The highest BCUT2D eigenvalue weighted by Gasteiger charge is 2.92. The zero-order valence-corrected chi connectivity index (χ0v) is 69.6. The summed E-state index contributed by atoms with van der Waals surface area (Å²) in [5, 5.41) is 115. The summed E-state index contributed by atoms with van der Waals surface area (Å²) in [6, 6.07) is 0. The molecule has 8 aliphatic rings. The second-order valence-electron chi connectivity index (χ2n) is 32.9. The molecule has 0 bridgehead atoms. The molecule has 3 saturated heterocycles. The van der Waals surface area contributed by atoms with Crippen LogP contribution in [0.5, 0.6) is 0 Å². The molecule has 0 radical (unpaired) electrons. The zero-order valence-electron chi connectivity index (χ0n) is 69.6. The molecule has 8 fully saturated rings. The summed E-state index contributed by atoms with van der Waals surface area (Å²) >= 11 is 0. The fourth-order valence-corrected chi connectivity index (χ4v) is 17.6. The predicted molar refractivity (Wildman–Crippen MR) is 407 cm³/mol. The molecule has 21 atom stereocenters. The Morgan fingerprint density at radius 2 is 0.840 bits per heavy atom. The van der Waals surface area contributed by atoms with Gasteiger partial charge in [0, 0.05) is 84.7 Å². The highest BCUT2D eigenvalue weighted by Crippen LogP contribution is 2.74. The number of aliphatic hydroxyl groups excluding tert-OH is 9. The van der Waals surface area contributed by atoms with Gasteiger partial charge in [-0.1, -0.05) is 20.8 Å². The fraction of sp³-hybridized carbons (Fsp3) is 0.895. The zero-order chi connectivity index (χ0) is 87.0. The molecule has 5 saturated carbocycles. The third-order valence-corrected chi connectivity index (χ3v) is 24.1. The maximum Gasteiger partial charge on any atom is 0.252 e. The van der Waals surface area contributed by atoms with E-state index >= 15 is 0 Å². The number of hydrogen-bond acceptors (Lipinski definition) is 35. The van der Waals surface area contributed by atoms with Gasteiger partial charge in [-0.25, -0.2) is 5.90 Å². The minimum Gasteiger partial charge on any atom is -0.396 e. The van der Waals surface area contributed by atoms with E-state index < -0.39 is 173 Å². The van der Waals surface area contributed by atoms with Crippen molar-refractivity contribution in [1.29, 1.82) is 0 Å². The average molecular weight is 1710 g/mol. The predicted octanol–water partition coefficient (Wildman–Crippen LogP) is -7.83. The molecule has 19 N–H and O–H groups in total. The first-order valence-electron chi connectivity index (χ1n) is 40.8. The number of nitrogens with one attached hydrogen (secondary N) is 8. The molecule has 5 aliphatic carbocycles. The molecular weight excluding hydrogens is 1580 g/mol. The van der Waals surface area contributed by atoms with Crippen molar-refractivity contribution in [2.75, 3.05) is 198 Å². The summed E-state index contributed by atoms with van der Waals surface area (Å²) in [6.45, 7) is 12.6. The minimum absolute atomic E-state index is 0.0489. The van der Waals surface area contributed by atoms with Crippen LogP contribution in [0.1, 0.15) is 100 Å². The summed E-state index contributed by atoms with van der Waals surface area (Å²) in [7, 11) is 0. The Morgan fingerprint density at radius 1 is 0.454 bits per heavy atom. The van der Waals surface area contributed by atoms with Crippen LogP contribution in [0.4, 0.5) is 0 Å². The molecule has 684 valence electrons. The van der Waals surface area contributed by atoms with E-state index in [1.807, 2.05) is 13.8 Å². The number of rotatable bonds is 64. The fourth-order valence-electron chi connectivity index (χ4n) is 17.6. The lowest BCUT2D eigenvalue weighted by Crippen LogP contribution is -3.01. The molecule has 0 spiro atoms. The van der Waals surface area contributed by atoms with Gasteiger partial charge >= 0.3 is 0 Å². The van der Waals surface area contributed by atoms with E-state index in [1.54, 1.807) is 20.8 Å². The highest BCUT2D eigenvalue weighted by atomic mass is 16.7. The Morgan fingerprint density at radius 3 is 1.21 bits per heavy atom. The van der Waals surface area contributed by atoms with Crippen LogP contribution in [0.15, 0.2) is 0 Å². The standard InChI is InChI=1S/C76H131N9O34/c1-9-69(7,115-22-14-68(5,6)13-15-78-53(96)39-116-77)64(102)85-71(43-109-19-10-50(93)79-16-23-103-26-29-106-32-35-112-65-70(8,82-46(2)89)61(117-65)72(40-86)38-49(92)58(72)99,44-110-20-11-51(94)80-17-24-104-27-30-107-33-36-113-66-75(83-47(3)90)56-54(97)59(100)73(56,41-87)62(75)118-66)45-111-21-12-52(95)81-18-25-105-28-31-108-34-37-114-67-76(84-48(4)91)57-55(98)60(101)74(57,42-88)63(76)119-67/h49,54-63,65-67,86-88,92,97-101H,9-45,77H2,1-8H3,(H,78,96)(H,79,93)(H,80,94)(H,81,95)(H,82,89)(H,83,90)(H,84,91)(H,85,102). The van der Waals surface area contributed by atoms with E-state index in [0.29, 0.717) is 19.4 Å². The summed E-state index contributed by atoms with van der Waals surface area (Å²) in [5.74, 6) is 0.413. The molecule has 119 heavy (non-hydrogen) atoms. The van der Waals surface area contributed by atoms with E-state index in [1.165, 1.54) is 20.8 Å². The molecule has 0 aromatic heterocycles. The minimum atomic E-state index is -1.55. The summed E-state index contributed by atoms with van der Waals surface area (Å²) in [4.78, 5) is 107. The van der Waals surface area contributed by atoms with Crippen molar-refractivity contribution in [3.05, 3.63) is 0 Å². The van der Waals surface area contributed by atoms with Crippen molar-refractivity contribution in [2.45, 2.75) is 202 Å². The first-order chi connectivity index (χ1) is 56.7. The Labute approximate surface area is 691 Å². The number of amides is 8. The van der Waals surface area contributed by atoms with E-state index in [4.69, 9.17) is 81.7 Å². The lowest BCUT2D eigenvalue weighted by Gasteiger charge is -2.82. The Balaban J connectivity index is 0.786. The molecule has 43 nitrogen and oxygen atoms in total. The number of hydrogen-bond donors (Lipinski definition) is 18. The van der Waals surface area contributed by atoms with Gasteiger partial charge in [-0.05, 0) is 44.9 Å². The topological polar surface area (TPSA) is 598 Å². The smallest absolute Gasteiger partial charge is 0.252 e. The quantitative estimate of drug-likeness (QED) is 0.0199. The number of aliphatic hydroxyl groups is 9. The van der Waals surface area contributed by atoms with Crippen molar-refractivity contribution < 1.29 is 165 Å². The summed E-state index contributed by atoms with van der Waals surface area (Å²) < 4.78 is 93.9. The Kier molecular flexibility index (Phi) is 37.5. The summed E-state index contributed by atoms with van der Waals surface area (Å²) in [5.41, 5.74) is -10.1. The van der Waals surface area contributed by atoms with Crippen LogP contribution >= 0.6 is 0 Å². The first-order valence-corrected chi connectivity index (χ1v) is 40.8. The molecule has 8 amide bonds. The number of ether oxygens (including phenoxy) is 16. The van der Waals surface area contributed by atoms with Gasteiger partial charge in [-0.3, -0.25) is 43.2 Å². The summed E-state index contributed by atoms with van der Waals surface area (Å²) in [6.07, 6.45) is -11.3. The van der Waals surface area contributed by atoms with Crippen LogP contribution in [0.3, 0.4) is 0 Å². The Hall–Kier alpha value is -5.32. The van der Waals surface area contributed by atoms with Crippen molar-refractivity contribution >= 4 is 47.3 Å². The van der Waals surface area contributed by atoms with Crippen LogP contribution in [0, 0.1) is 33.5 Å². The van der Waals surface area contributed by atoms with Crippen LogP contribution in [-0.4, -0.2) is 393 Å². The van der Waals surface area contributed by atoms with Crippen molar-refractivity contribution in [3.8, 4) is 0 Å². The maximum absolute atomic E-state index is 14.8. The van der Waals surface area contributed by atoms with Gasteiger partial charge in [-0.15, -0.1) is 0 Å². The second kappa shape index (κ2) is 45.0. The van der Waals surface area contributed by atoms with E-state index in [0.717, 1.165) is 0 Å². The number of nitrogens with two attached hydrogens (primary N) is 1. The lowest BCUT2D eigenvalue weighted by molar-refractivity contribution is -0.496. The van der Waals surface area contributed by atoms with Gasteiger partial charge in [-0.2, -0.15) is 0 Å². The molecule has 21 unspecified atom stereocenters. The molecule has 0 aromatic carbocycles. The van der Waals surface area contributed by atoms with E-state index in [-0.39, 0.29) is 233 Å². The highest BCUT2D eigenvalue weighted by molar-refractivity contribution is 5.85. The van der Waals surface area contributed by atoms with Gasteiger partial charge in [0.25, 0.3) is 5.91 Å². The molecular formula is C76H131N9O34. The van der Waals surface area contributed by atoms with Crippen molar-refractivity contribution in [2.24, 2.45) is 39.4 Å².